The number of hydrogen-bond acceptors (Lipinski definition) is 2. The van der Waals surface area contributed by atoms with Gasteiger partial charge < -0.3 is 5.73 Å². The first-order valence-electron chi connectivity index (χ1n) is 3.80. The highest BCUT2D eigenvalue weighted by atomic mass is 16.1. The van der Waals surface area contributed by atoms with Crippen LogP contribution < -0.4 is 5.73 Å². The number of primary amides is 1. The Hall–Kier alpha value is -1.38. The van der Waals surface area contributed by atoms with Crippen molar-refractivity contribution in [1.29, 1.82) is 0 Å². The van der Waals surface area contributed by atoms with Crippen LogP contribution in [0.25, 0.3) is 0 Å². The molecule has 0 aliphatic heterocycles. The second-order valence-corrected chi connectivity index (χ2v) is 2.82. The highest BCUT2D eigenvalue weighted by molar-refractivity contribution is 5.96. The van der Waals surface area contributed by atoms with Gasteiger partial charge >= 0.3 is 0 Å². The third-order valence-corrected chi connectivity index (χ3v) is 1.87. The monoisotopic (exact) mass is 165 g/mol. The van der Waals surface area contributed by atoms with Crippen LogP contribution in [0.3, 0.4) is 0 Å². The number of hydrogen-bond donors (Lipinski definition) is 1. The second-order valence-electron chi connectivity index (χ2n) is 2.82. The number of rotatable bonds is 2. The minimum Gasteiger partial charge on any atom is -0.369 e. The molecule has 0 radical (unpaired) electrons. The third kappa shape index (κ3) is 1.81. The minimum absolute atomic E-state index is 0.0224. The van der Waals surface area contributed by atoms with E-state index in [1.807, 2.05) is 0 Å². The maximum Gasteiger partial charge on any atom is 0.224 e. The molecule has 1 atom stereocenters. The Balaban J connectivity index is 2.68. The maximum absolute atomic E-state index is 10.8. The Labute approximate surface area is 70.9 Å². The molecule has 64 valence electrons. The van der Waals surface area contributed by atoms with E-state index in [1.165, 1.54) is 6.92 Å². The molecule has 0 aromatic carbocycles. The molecule has 0 bridgehead atoms. The van der Waals surface area contributed by atoms with E-state index in [9.17, 15) is 9.59 Å². The number of carbonyl (C=O) groups is 2. The van der Waals surface area contributed by atoms with Gasteiger partial charge in [0.05, 0.1) is 5.92 Å². The molecule has 3 heteroatoms. The van der Waals surface area contributed by atoms with Crippen molar-refractivity contribution < 1.29 is 9.59 Å². The van der Waals surface area contributed by atoms with E-state index in [4.69, 9.17) is 5.73 Å². The van der Waals surface area contributed by atoms with Gasteiger partial charge in [-0.15, -0.1) is 0 Å². The molecule has 1 unspecified atom stereocenters. The molecular weight excluding hydrogens is 154 g/mol. The zero-order valence-electron chi connectivity index (χ0n) is 6.91. The summed E-state index contributed by atoms with van der Waals surface area (Å²) in [7, 11) is 0. The SMILES string of the molecule is CC(=O)C1=CCC(C(N)=O)C=C1. The number of amides is 1. The van der Waals surface area contributed by atoms with Gasteiger partial charge in [-0.2, -0.15) is 0 Å². The van der Waals surface area contributed by atoms with Crippen molar-refractivity contribution in [2.45, 2.75) is 13.3 Å². The summed E-state index contributed by atoms with van der Waals surface area (Å²) in [5, 5.41) is 0. The largest absolute Gasteiger partial charge is 0.369 e. The van der Waals surface area contributed by atoms with Crippen molar-refractivity contribution in [1.82, 2.24) is 0 Å². The fraction of sp³-hybridized carbons (Fsp3) is 0.333. The zero-order chi connectivity index (χ0) is 9.14. The lowest BCUT2D eigenvalue weighted by molar-refractivity contribution is -0.120. The molecule has 0 saturated carbocycles. The van der Waals surface area contributed by atoms with Gasteiger partial charge in [0.1, 0.15) is 0 Å². The average molecular weight is 165 g/mol. The van der Waals surface area contributed by atoms with Crippen LogP contribution >= 0.6 is 0 Å². The number of allylic oxidation sites excluding steroid dienone is 3. The van der Waals surface area contributed by atoms with Crippen LogP contribution in [-0.4, -0.2) is 11.7 Å². The molecule has 1 amide bonds. The fourth-order valence-electron chi connectivity index (χ4n) is 1.09. The Morgan fingerprint density at radius 1 is 1.58 bits per heavy atom. The van der Waals surface area contributed by atoms with Crippen molar-refractivity contribution in [3.63, 3.8) is 0 Å². The summed E-state index contributed by atoms with van der Waals surface area (Å²) >= 11 is 0. The lowest BCUT2D eigenvalue weighted by atomic mass is 9.95. The Kier molecular flexibility index (Phi) is 2.43. The normalized spacial score (nSPS) is 21.8. The number of ketones is 1. The zero-order valence-corrected chi connectivity index (χ0v) is 6.91. The molecule has 0 aromatic rings. The molecule has 0 spiro atoms. The van der Waals surface area contributed by atoms with Gasteiger partial charge in [-0.1, -0.05) is 18.2 Å². The Morgan fingerprint density at radius 2 is 2.25 bits per heavy atom. The van der Waals surface area contributed by atoms with Crippen molar-refractivity contribution >= 4 is 11.7 Å². The van der Waals surface area contributed by atoms with Crippen LogP contribution in [0.5, 0.6) is 0 Å². The summed E-state index contributed by atoms with van der Waals surface area (Å²) in [6, 6.07) is 0. The molecule has 0 heterocycles. The van der Waals surface area contributed by atoms with Crippen LogP contribution in [0, 0.1) is 5.92 Å². The number of carbonyl (C=O) groups excluding carboxylic acids is 2. The molecule has 2 N–H and O–H groups in total. The molecule has 0 fully saturated rings. The Bertz CT molecular complexity index is 276. The van der Waals surface area contributed by atoms with Gasteiger partial charge in [0, 0.05) is 5.57 Å². The number of nitrogens with two attached hydrogens (primary N) is 1. The topological polar surface area (TPSA) is 60.2 Å². The van der Waals surface area contributed by atoms with E-state index in [0.717, 1.165) is 0 Å². The van der Waals surface area contributed by atoms with E-state index in [2.05, 4.69) is 0 Å². The van der Waals surface area contributed by atoms with Crippen molar-refractivity contribution in [2.75, 3.05) is 0 Å². The van der Waals surface area contributed by atoms with Crippen LogP contribution in [0.1, 0.15) is 13.3 Å². The van der Waals surface area contributed by atoms with Gasteiger partial charge in [0.15, 0.2) is 5.78 Å². The van der Waals surface area contributed by atoms with Crippen LogP contribution in [0.2, 0.25) is 0 Å². The van der Waals surface area contributed by atoms with Crippen LogP contribution in [0.15, 0.2) is 23.8 Å². The summed E-state index contributed by atoms with van der Waals surface area (Å²) in [5.74, 6) is -0.563. The van der Waals surface area contributed by atoms with Gasteiger partial charge in [0.2, 0.25) is 5.91 Å². The van der Waals surface area contributed by atoms with Crippen LogP contribution in [0.4, 0.5) is 0 Å². The van der Waals surface area contributed by atoms with Gasteiger partial charge in [-0.05, 0) is 13.3 Å². The van der Waals surface area contributed by atoms with E-state index in [0.29, 0.717) is 12.0 Å². The van der Waals surface area contributed by atoms with Gasteiger partial charge in [0.25, 0.3) is 0 Å². The summed E-state index contributed by atoms with van der Waals surface area (Å²) in [6.07, 6.45) is 5.62. The summed E-state index contributed by atoms with van der Waals surface area (Å²) < 4.78 is 0. The maximum atomic E-state index is 10.8. The van der Waals surface area contributed by atoms with E-state index in [1.54, 1.807) is 18.2 Å². The molecule has 1 aliphatic carbocycles. The summed E-state index contributed by atoms with van der Waals surface area (Å²) in [4.78, 5) is 21.5. The lowest BCUT2D eigenvalue weighted by Crippen LogP contribution is -2.22. The van der Waals surface area contributed by atoms with Crippen LogP contribution in [-0.2, 0) is 9.59 Å². The predicted octanol–water partition coefficient (Wildman–Crippen LogP) is 0.563. The number of Topliss-reactive ketones (excluding diaryl/α,β-unsaturated/α-hetero) is 1. The molecule has 12 heavy (non-hydrogen) atoms. The average Bonchev–Trinajstić information content (AvgIpc) is 2.04. The third-order valence-electron chi connectivity index (χ3n) is 1.87. The second kappa shape index (κ2) is 3.34. The molecule has 0 aromatic heterocycles. The first-order valence-corrected chi connectivity index (χ1v) is 3.80. The smallest absolute Gasteiger partial charge is 0.224 e. The predicted molar refractivity (Wildman–Crippen MR) is 45.2 cm³/mol. The van der Waals surface area contributed by atoms with Crippen molar-refractivity contribution in [3.05, 3.63) is 23.8 Å². The molecule has 0 saturated heterocycles. The molecular formula is C9H11NO2. The summed E-state index contributed by atoms with van der Waals surface area (Å²) in [6.45, 7) is 1.50. The fourth-order valence-corrected chi connectivity index (χ4v) is 1.09. The van der Waals surface area contributed by atoms with E-state index < -0.39 is 0 Å². The van der Waals surface area contributed by atoms with Gasteiger partial charge in [-0.25, -0.2) is 0 Å². The van der Waals surface area contributed by atoms with E-state index in [-0.39, 0.29) is 17.6 Å². The van der Waals surface area contributed by atoms with Crippen molar-refractivity contribution in [3.8, 4) is 0 Å². The quantitative estimate of drug-likeness (QED) is 0.650. The van der Waals surface area contributed by atoms with Crippen molar-refractivity contribution in [2.24, 2.45) is 11.7 Å². The molecule has 1 rings (SSSR count). The lowest BCUT2D eigenvalue weighted by Gasteiger charge is -2.10. The highest BCUT2D eigenvalue weighted by Crippen LogP contribution is 2.16. The molecule has 1 aliphatic rings. The summed E-state index contributed by atoms with van der Waals surface area (Å²) in [5.41, 5.74) is 5.74. The van der Waals surface area contributed by atoms with E-state index >= 15 is 0 Å². The first-order chi connectivity index (χ1) is 5.61. The Morgan fingerprint density at radius 3 is 2.58 bits per heavy atom. The molecule has 3 nitrogen and oxygen atoms in total. The van der Waals surface area contributed by atoms with Gasteiger partial charge in [-0.3, -0.25) is 9.59 Å². The first kappa shape index (κ1) is 8.71. The minimum atomic E-state index is -0.342. The highest BCUT2D eigenvalue weighted by Gasteiger charge is 2.14. The standard InChI is InChI=1S/C9H11NO2/c1-6(11)7-2-4-8(5-3-7)9(10)12/h2-4,8H,5H2,1H3,(H2,10,12).